The summed E-state index contributed by atoms with van der Waals surface area (Å²) in [5, 5.41) is 21.3. The van der Waals surface area contributed by atoms with Crippen molar-refractivity contribution in [3.8, 4) is 11.4 Å². The lowest BCUT2D eigenvalue weighted by Crippen LogP contribution is -2.47. The van der Waals surface area contributed by atoms with Gasteiger partial charge in [-0.2, -0.15) is 13.2 Å². The molecule has 0 saturated carbocycles. The van der Waals surface area contributed by atoms with E-state index in [-0.39, 0.29) is 5.69 Å². The molecule has 0 bridgehead atoms. The molecule has 3 aromatic carbocycles. The van der Waals surface area contributed by atoms with Gasteiger partial charge in [0.15, 0.2) is 11.0 Å². The van der Waals surface area contributed by atoms with Gasteiger partial charge in [-0.1, -0.05) is 72.4 Å². The summed E-state index contributed by atoms with van der Waals surface area (Å²) in [4.78, 5) is 14.8. The van der Waals surface area contributed by atoms with Gasteiger partial charge in [-0.25, -0.2) is 0 Å². The Bertz CT molecular complexity index is 1440. The molecule has 1 aliphatic rings. The summed E-state index contributed by atoms with van der Waals surface area (Å²) in [5.74, 6) is 1.57. The number of nitrogens with zero attached hydrogens (tertiary/aromatic N) is 6. The van der Waals surface area contributed by atoms with E-state index in [0.717, 1.165) is 40.5 Å². The quantitative estimate of drug-likeness (QED) is 0.143. The highest BCUT2D eigenvalue weighted by Gasteiger charge is 2.34. The van der Waals surface area contributed by atoms with Crippen LogP contribution in [0.5, 0.6) is 0 Å². The second-order valence-electron chi connectivity index (χ2n) is 9.38. The summed E-state index contributed by atoms with van der Waals surface area (Å²) in [5.41, 5.74) is 0.815. The van der Waals surface area contributed by atoms with Gasteiger partial charge in [-0.05, 0) is 17.7 Å². The molecule has 5 rings (SSSR count). The Hall–Kier alpha value is -3.90. The maximum Gasteiger partial charge on any atom is 0.416 e. The van der Waals surface area contributed by atoms with Crippen molar-refractivity contribution in [1.29, 1.82) is 0 Å². The Morgan fingerprint density at radius 1 is 0.900 bits per heavy atom. The molecule has 8 nitrogen and oxygen atoms in total. The molecular formula is C28H27F3N6O2S. The molecule has 1 aromatic heterocycles. The Kier molecular flexibility index (Phi) is 8.36. The van der Waals surface area contributed by atoms with Crippen LogP contribution in [0.1, 0.15) is 11.1 Å². The predicted molar refractivity (Wildman–Crippen MR) is 148 cm³/mol. The maximum atomic E-state index is 13.1. The van der Waals surface area contributed by atoms with Crippen molar-refractivity contribution in [2.45, 2.75) is 17.9 Å². The Labute approximate surface area is 233 Å². The van der Waals surface area contributed by atoms with Crippen molar-refractivity contribution < 1.29 is 18.1 Å². The molecule has 0 radical (unpaired) electrons. The van der Waals surface area contributed by atoms with Gasteiger partial charge in [0.2, 0.25) is 0 Å². The number of benzene rings is 3. The van der Waals surface area contributed by atoms with Crippen LogP contribution in [0.4, 0.5) is 24.5 Å². The van der Waals surface area contributed by atoms with Gasteiger partial charge < -0.3 is 4.90 Å². The third kappa shape index (κ3) is 6.45. The Morgan fingerprint density at radius 2 is 1.57 bits per heavy atom. The number of anilines is 1. The molecule has 4 aromatic rings. The normalized spacial score (nSPS) is 14.4. The fourth-order valence-electron chi connectivity index (χ4n) is 4.70. The molecule has 0 aliphatic carbocycles. The van der Waals surface area contributed by atoms with Crippen LogP contribution in [0.15, 0.2) is 84.0 Å². The van der Waals surface area contributed by atoms with E-state index in [1.807, 2.05) is 48.5 Å². The summed E-state index contributed by atoms with van der Waals surface area (Å²) in [6, 6.07) is 22.8. The average Bonchev–Trinajstić information content (AvgIpc) is 3.35. The van der Waals surface area contributed by atoms with E-state index in [1.54, 1.807) is 16.7 Å². The summed E-state index contributed by atoms with van der Waals surface area (Å²) in [6.45, 7) is 3.67. The fraction of sp³-hybridized carbons (Fsp3) is 0.286. The maximum absolute atomic E-state index is 13.1. The van der Waals surface area contributed by atoms with Crippen LogP contribution < -0.4 is 4.90 Å². The van der Waals surface area contributed by atoms with Gasteiger partial charge in [0.1, 0.15) is 5.69 Å². The van der Waals surface area contributed by atoms with Gasteiger partial charge in [-0.15, -0.1) is 10.2 Å². The number of rotatable bonds is 9. The highest BCUT2D eigenvalue weighted by molar-refractivity contribution is 7.99. The largest absolute Gasteiger partial charge is 0.416 e. The van der Waals surface area contributed by atoms with Crippen molar-refractivity contribution >= 4 is 23.1 Å². The number of nitro groups is 1. The van der Waals surface area contributed by atoms with Crippen LogP contribution >= 0.6 is 11.8 Å². The van der Waals surface area contributed by atoms with E-state index in [2.05, 4.69) is 31.8 Å². The first-order chi connectivity index (χ1) is 19.3. The van der Waals surface area contributed by atoms with E-state index in [0.29, 0.717) is 38.8 Å². The van der Waals surface area contributed by atoms with Crippen LogP contribution in [-0.2, 0) is 12.7 Å². The van der Waals surface area contributed by atoms with Crippen molar-refractivity contribution in [3.05, 3.63) is 100 Å². The fourth-order valence-corrected chi connectivity index (χ4v) is 5.63. The van der Waals surface area contributed by atoms with Crippen LogP contribution in [0.2, 0.25) is 0 Å². The Balaban J connectivity index is 1.21. The number of halogens is 3. The number of hydrogen-bond acceptors (Lipinski definition) is 7. The van der Waals surface area contributed by atoms with Gasteiger partial charge in [0, 0.05) is 50.1 Å². The van der Waals surface area contributed by atoms with Crippen LogP contribution in [-0.4, -0.2) is 63.1 Å². The van der Waals surface area contributed by atoms with Crippen molar-refractivity contribution in [2.75, 3.05) is 43.4 Å². The first-order valence-electron chi connectivity index (χ1n) is 12.8. The molecule has 0 amide bonds. The standard InChI is InChI=1S/C28H27F3N6O2S/c29-28(30,31)23-11-12-24(25(19-23)37(38)39)35-15-13-34(14-16-35)17-18-40-27-33-32-26(22-9-5-2-6-10-22)36(27)20-21-7-3-1-4-8-21/h1-12,19H,13-18,20H2. The van der Waals surface area contributed by atoms with Gasteiger partial charge in [0.05, 0.1) is 17.0 Å². The van der Waals surface area contributed by atoms with Crippen molar-refractivity contribution in [1.82, 2.24) is 19.7 Å². The minimum atomic E-state index is -4.63. The van der Waals surface area contributed by atoms with Gasteiger partial charge in [0.25, 0.3) is 5.69 Å². The summed E-state index contributed by atoms with van der Waals surface area (Å²) >= 11 is 1.62. The molecule has 0 unspecified atom stereocenters. The number of nitro benzene ring substituents is 1. The van der Waals surface area contributed by atoms with Crippen molar-refractivity contribution in [2.24, 2.45) is 0 Å². The zero-order chi connectivity index (χ0) is 28.1. The molecule has 0 spiro atoms. The molecule has 2 heterocycles. The molecule has 40 heavy (non-hydrogen) atoms. The zero-order valence-corrected chi connectivity index (χ0v) is 22.3. The van der Waals surface area contributed by atoms with E-state index in [4.69, 9.17) is 0 Å². The molecule has 12 heteroatoms. The lowest BCUT2D eigenvalue weighted by molar-refractivity contribution is -0.384. The number of piperazine rings is 1. The minimum absolute atomic E-state index is 0.217. The molecule has 0 atom stereocenters. The average molecular weight is 569 g/mol. The monoisotopic (exact) mass is 568 g/mol. The highest BCUT2D eigenvalue weighted by Crippen LogP contribution is 2.37. The number of hydrogen-bond donors (Lipinski definition) is 0. The molecule has 0 N–H and O–H groups in total. The van der Waals surface area contributed by atoms with E-state index in [9.17, 15) is 23.3 Å². The lowest BCUT2D eigenvalue weighted by Gasteiger charge is -2.35. The second-order valence-corrected chi connectivity index (χ2v) is 10.4. The first kappa shape index (κ1) is 27.7. The Morgan fingerprint density at radius 3 is 2.23 bits per heavy atom. The predicted octanol–water partition coefficient (Wildman–Crippen LogP) is 5.83. The first-order valence-corrected chi connectivity index (χ1v) is 13.8. The van der Waals surface area contributed by atoms with Crippen molar-refractivity contribution in [3.63, 3.8) is 0 Å². The molecule has 1 fully saturated rings. The smallest absolute Gasteiger partial charge is 0.363 e. The van der Waals surface area contributed by atoms with Crippen LogP contribution in [0.3, 0.4) is 0 Å². The number of thioether (sulfide) groups is 1. The van der Waals surface area contributed by atoms with Crippen LogP contribution in [0.25, 0.3) is 11.4 Å². The van der Waals surface area contributed by atoms with Gasteiger partial charge >= 0.3 is 6.18 Å². The molecule has 1 saturated heterocycles. The topological polar surface area (TPSA) is 80.3 Å². The second kappa shape index (κ2) is 12.1. The summed E-state index contributed by atoms with van der Waals surface area (Å²) in [6.07, 6.45) is -4.63. The minimum Gasteiger partial charge on any atom is -0.363 e. The summed E-state index contributed by atoms with van der Waals surface area (Å²) < 4.78 is 41.3. The molecule has 208 valence electrons. The zero-order valence-electron chi connectivity index (χ0n) is 21.5. The number of aromatic nitrogens is 3. The number of alkyl halides is 3. The molecular weight excluding hydrogens is 541 g/mol. The van der Waals surface area contributed by atoms with E-state index in [1.165, 1.54) is 6.07 Å². The third-order valence-electron chi connectivity index (χ3n) is 6.78. The van der Waals surface area contributed by atoms with E-state index < -0.39 is 22.4 Å². The summed E-state index contributed by atoms with van der Waals surface area (Å²) in [7, 11) is 0. The van der Waals surface area contributed by atoms with E-state index >= 15 is 0 Å². The third-order valence-corrected chi connectivity index (χ3v) is 7.73. The SMILES string of the molecule is O=[N+]([O-])c1cc(C(F)(F)F)ccc1N1CCN(CCSc2nnc(-c3ccccc3)n2Cc2ccccc2)CC1. The highest BCUT2D eigenvalue weighted by atomic mass is 32.2. The molecule has 1 aliphatic heterocycles. The van der Waals surface area contributed by atoms with Gasteiger partial charge in [-0.3, -0.25) is 19.6 Å². The lowest BCUT2D eigenvalue weighted by atomic mass is 10.1. The van der Waals surface area contributed by atoms with Crippen LogP contribution in [0, 0.1) is 10.1 Å².